The van der Waals surface area contributed by atoms with Crippen molar-refractivity contribution in [2.75, 3.05) is 5.75 Å². The Labute approximate surface area is 117 Å². The molecule has 0 aliphatic carbocycles. The van der Waals surface area contributed by atoms with Crippen LogP contribution in [0, 0.1) is 10.8 Å². The largest absolute Gasteiger partial charge is 0.480 e. The van der Waals surface area contributed by atoms with Gasteiger partial charge in [-0.2, -0.15) is 0 Å². The summed E-state index contributed by atoms with van der Waals surface area (Å²) in [4.78, 5) is 45.6. The Bertz CT molecular complexity index is 405. The van der Waals surface area contributed by atoms with Crippen LogP contribution in [-0.2, 0) is 14.4 Å². The number of nitroso groups, excluding NO2 is 1. The molecular weight excluding hydrogens is 294 g/mol. The van der Waals surface area contributed by atoms with Crippen LogP contribution in [0.2, 0.25) is 0 Å². The Kier molecular flexibility index (Phi) is 5.76. The van der Waals surface area contributed by atoms with Crippen LogP contribution in [0.1, 0.15) is 6.92 Å². The molecule has 19 heavy (non-hydrogen) atoms. The van der Waals surface area contributed by atoms with E-state index in [1.807, 2.05) is 0 Å². The zero-order valence-corrected chi connectivity index (χ0v) is 11.5. The summed E-state index contributed by atoms with van der Waals surface area (Å²) in [5, 5.41) is 8.08. The number of carboxylic acid groups (broad SMARTS) is 1. The Morgan fingerprint density at radius 3 is 2.74 bits per heavy atom. The number of hydrogen-bond donors (Lipinski definition) is 2. The fourth-order valence-electron chi connectivity index (χ4n) is 1.42. The van der Waals surface area contributed by atoms with Gasteiger partial charge in [0.1, 0.15) is 18.0 Å². The van der Waals surface area contributed by atoms with Gasteiger partial charge >= 0.3 is 5.97 Å². The van der Waals surface area contributed by atoms with Gasteiger partial charge in [-0.3, -0.25) is 9.59 Å². The first-order valence-electron chi connectivity index (χ1n) is 5.17. The first-order chi connectivity index (χ1) is 8.90. The molecule has 1 amide bonds. The molecule has 1 fully saturated rings. The molecule has 3 unspecified atom stereocenters. The fraction of sp³-hybridized carbons (Fsp3) is 0.556. The number of nitrogens with zero attached hydrogens (tertiary/aromatic N) is 2. The maximum absolute atomic E-state index is 12.0. The first kappa shape index (κ1) is 15.9. The first-order valence-corrected chi connectivity index (χ1v) is 7.06. The summed E-state index contributed by atoms with van der Waals surface area (Å²) in [7, 11) is 0. The lowest BCUT2D eigenvalue weighted by Gasteiger charge is -2.23. The molecule has 0 spiro atoms. The number of aliphatic carboxylic acids is 1. The lowest BCUT2D eigenvalue weighted by Crippen LogP contribution is -2.52. The molecular formula is C9H12N3O5S2. The molecule has 1 aliphatic heterocycles. The van der Waals surface area contributed by atoms with Gasteiger partial charge in [0.2, 0.25) is 5.91 Å². The minimum Gasteiger partial charge on any atom is -0.480 e. The summed E-state index contributed by atoms with van der Waals surface area (Å²) in [6.07, 6.45) is 0. The van der Waals surface area contributed by atoms with E-state index in [-0.39, 0.29) is 5.75 Å². The van der Waals surface area contributed by atoms with Crippen molar-refractivity contribution in [2.45, 2.75) is 24.3 Å². The van der Waals surface area contributed by atoms with Crippen molar-refractivity contribution in [2.24, 2.45) is 10.3 Å². The molecule has 0 aromatic heterocycles. The van der Waals surface area contributed by atoms with Crippen molar-refractivity contribution in [3.63, 3.8) is 0 Å². The minimum atomic E-state index is -1.50. The monoisotopic (exact) mass is 306 g/mol. The number of thioether (sulfide) groups is 1. The Balaban J connectivity index is 2.73. The highest BCUT2D eigenvalue weighted by atomic mass is 32.2. The van der Waals surface area contributed by atoms with Crippen molar-refractivity contribution in [1.82, 2.24) is 4.90 Å². The topological polar surface area (TPSA) is 130 Å². The minimum absolute atomic E-state index is 0.210. The highest BCUT2D eigenvalue weighted by molar-refractivity contribution is 8.01. The highest BCUT2D eigenvalue weighted by Gasteiger charge is 2.40. The van der Waals surface area contributed by atoms with E-state index in [2.05, 4.69) is 4.58 Å². The molecule has 0 saturated carbocycles. The van der Waals surface area contributed by atoms with Crippen LogP contribution in [0.15, 0.2) is 4.58 Å². The van der Waals surface area contributed by atoms with Gasteiger partial charge in [0.25, 0.3) is 0 Å². The molecule has 3 atom stereocenters. The molecule has 0 aromatic rings. The average Bonchev–Trinajstić information content (AvgIpc) is 2.85. The van der Waals surface area contributed by atoms with Gasteiger partial charge in [-0.05, 0) is 6.92 Å². The molecule has 1 aliphatic rings. The van der Waals surface area contributed by atoms with Crippen LogP contribution in [-0.4, -0.2) is 50.8 Å². The van der Waals surface area contributed by atoms with Crippen LogP contribution in [0.3, 0.4) is 0 Å². The van der Waals surface area contributed by atoms with E-state index >= 15 is 0 Å². The lowest BCUT2D eigenvalue weighted by atomic mass is 10.1. The number of amides is 1. The van der Waals surface area contributed by atoms with Crippen LogP contribution in [0.5, 0.6) is 0 Å². The summed E-state index contributed by atoms with van der Waals surface area (Å²) in [6, 6.07) is -2.52. The summed E-state index contributed by atoms with van der Waals surface area (Å²) in [5.74, 6) is -1.07. The van der Waals surface area contributed by atoms with Crippen LogP contribution < -0.4 is 5.73 Å². The predicted octanol–water partition coefficient (Wildman–Crippen LogP) is -0.166. The predicted molar refractivity (Wildman–Crippen MR) is 70.9 cm³/mol. The molecule has 8 nitrogen and oxygen atoms in total. The van der Waals surface area contributed by atoms with Gasteiger partial charge in [-0.25, -0.2) is 4.79 Å². The molecule has 1 radical (unpaired) electrons. The molecule has 0 aromatic carbocycles. The van der Waals surface area contributed by atoms with E-state index < -0.39 is 35.0 Å². The molecule has 105 valence electrons. The second-order valence-electron chi connectivity index (χ2n) is 3.74. The SMILES string of the molecule is CC(SN=O)C(=O)C(N)C(=O)N1[CH]SCC1C(=O)O. The molecule has 0 bridgehead atoms. The van der Waals surface area contributed by atoms with Gasteiger partial charge in [-0.1, -0.05) is 0 Å². The summed E-state index contributed by atoms with van der Waals surface area (Å²) in [6.45, 7) is 1.40. The molecule has 3 N–H and O–H groups in total. The van der Waals surface area contributed by atoms with Crippen LogP contribution in [0.4, 0.5) is 0 Å². The van der Waals surface area contributed by atoms with Crippen molar-refractivity contribution in [3.05, 3.63) is 10.8 Å². The Morgan fingerprint density at radius 1 is 1.58 bits per heavy atom. The number of rotatable bonds is 6. The van der Waals surface area contributed by atoms with E-state index in [4.69, 9.17) is 10.8 Å². The number of carbonyl (C=O) groups is 3. The van der Waals surface area contributed by atoms with Crippen molar-refractivity contribution in [3.8, 4) is 0 Å². The zero-order valence-electron chi connectivity index (χ0n) is 9.88. The van der Waals surface area contributed by atoms with Gasteiger partial charge in [-0.15, -0.1) is 16.7 Å². The molecule has 1 saturated heterocycles. The maximum atomic E-state index is 12.0. The fourth-order valence-corrected chi connectivity index (χ4v) is 2.78. The number of carbonyl (C=O) groups excluding carboxylic acids is 2. The molecule has 10 heteroatoms. The zero-order chi connectivity index (χ0) is 14.6. The van der Waals surface area contributed by atoms with Gasteiger partial charge < -0.3 is 15.7 Å². The van der Waals surface area contributed by atoms with Gasteiger partial charge in [0.15, 0.2) is 5.78 Å². The van der Waals surface area contributed by atoms with Gasteiger partial charge in [0, 0.05) is 22.3 Å². The van der Waals surface area contributed by atoms with Crippen molar-refractivity contribution in [1.29, 1.82) is 0 Å². The molecule has 1 rings (SSSR count). The summed E-state index contributed by atoms with van der Waals surface area (Å²) >= 11 is 1.63. The average molecular weight is 306 g/mol. The lowest BCUT2D eigenvalue weighted by molar-refractivity contribution is -0.148. The standard InChI is InChI=1S/C9H12N3O5S2/c1-4(19-11-17)7(13)6(10)8(14)12-3-18-2-5(12)9(15)16/h3-6H,2,10H2,1H3,(H,15,16). The number of hydrogen-bond acceptors (Lipinski definition) is 8. The van der Waals surface area contributed by atoms with E-state index in [9.17, 15) is 19.3 Å². The number of carboxylic acids is 1. The number of Topliss-reactive ketones (excluding diaryl/α,β-unsaturated/α-hetero) is 1. The second kappa shape index (κ2) is 6.87. The second-order valence-corrected chi connectivity index (χ2v) is 5.68. The number of ketones is 1. The van der Waals surface area contributed by atoms with E-state index in [0.717, 1.165) is 16.7 Å². The Morgan fingerprint density at radius 2 is 2.21 bits per heavy atom. The smallest absolute Gasteiger partial charge is 0.327 e. The van der Waals surface area contributed by atoms with Crippen molar-refractivity contribution >= 4 is 41.4 Å². The van der Waals surface area contributed by atoms with Crippen molar-refractivity contribution < 1.29 is 19.5 Å². The maximum Gasteiger partial charge on any atom is 0.327 e. The summed E-state index contributed by atoms with van der Waals surface area (Å²) < 4.78 is 2.50. The number of nitrogens with two attached hydrogens (primary N) is 1. The van der Waals surface area contributed by atoms with E-state index in [1.54, 1.807) is 0 Å². The van der Waals surface area contributed by atoms with Crippen LogP contribution in [0.25, 0.3) is 0 Å². The van der Waals surface area contributed by atoms with E-state index in [0.29, 0.717) is 11.9 Å². The third kappa shape index (κ3) is 3.67. The van der Waals surface area contributed by atoms with Gasteiger partial charge in [0.05, 0.1) is 5.25 Å². The van der Waals surface area contributed by atoms with Crippen LogP contribution >= 0.6 is 23.7 Å². The highest BCUT2D eigenvalue weighted by Crippen LogP contribution is 2.26. The Hall–Kier alpha value is -1.13. The third-order valence-corrected chi connectivity index (χ3v) is 4.01. The normalized spacial score (nSPS) is 21.8. The molecule has 1 heterocycles. The quantitative estimate of drug-likeness (QED) is 0.393. The van der Waals surface area contributed by atoms with E-state index in [1.165, 1.54) is 12.8 Å². The summed E-state index contributed by atoms with van der Waals surface area (Å²) in [5.41, 5.74) is 5.51. The third-order valence-electron chi connectivity index (χ3n) is 2.49.